The predicted octanol–water partition coefficient (Wildman–Crippen LogP) is 12.1. The Hall–Kier alpha value is -4.92. The molecule has 2 heterocycles. The van der Waals surface area contributed by atoms with E-state index in [0.29, 0.717) is 21.2 Å². The van der Waals surface area contributed by atoms with E-state index in [2.05, 4.69) is 0 Å². The number of hydrogen-bond acceptors (Lipinski definition) is 4. The van der Waals surface area contributed by atoms with Crippen molar-refractivity contribution >= 4 is 73.8 Å². The predicted molar refractivity (Wildman–Crippen MR) is 202 cm³/mol. The Kier molecular flexibility index (Phi) is 9.49. The number of hydrogen-bond donors (Lipinski definition) is 1. The lowest BCUT2D eigenvalue weighted by atomic mass is 10.0. The van der Waals surface area contributed by atoms with Crippen molar-refractivity contribution in [3.05, 3.63) is 188 Å². The van der Waals surface area contributed by atoms with E-state index in [1.54, 1.807) is 48.5 Å². The number of rotatable bonds is 6. The molecule has 1 N–H and O–H groups in total. The van der Waals surface area contributed by atoms with Gasteiger partial charge in [-0.1, -0.05) is 77.4 Å². The van der Waals surface area contributed by atoms with Gasteiger partial charge in [-0.3, -0.25) is 9.59 Å². The van der Waals surface area contributed by atoms with Crippen LogP contribution in [0.2, 0.25) is 10.0 Å². The number of carbonyl (C=O) groups excluding carboxylic acids is 2. The van der Waals surface area contributed by atoms with Gasteiger partial charge in [-0.15, -0.1) is 0 Å². The van der Waals surface area contributed by atoms with Crippen molar-refractivity contribution in [1.82, 2.24) is 0 Å². The Morgan fingerprint density at radius 2 is 1.20 bits per heavy atom. The van der Waals surface area contributed by atoms with Crippen LogP contribution in [-0.4, -0.2) is 16.7 Å². The Morgan fingerprint density at radius 3 is 1.84 bits per heavy atom. The minimum Gasteiger partial charge on any atom is -0.506 e. The van der Waals surface area contributed by atoms with Crippen LogP contribution >= 0.6 is 46.3 Å². The monoisotopic (exact) mass is 735 g/mol. The van der Waals surface area contributed by atoms with Crippen LogP contribution < -0.4 is 0 Å². The highest BCUT2D eigenvalue weighted by molar-refractivity contribution is 8.16. The lowest BCUT2D eigenvalue weighted by Gasteiger charge is -2.18. The van der Waals surface area contributed by atoms with Crippen LogP contribution in [0.3, 0.4) is 0 Å². The molecule has 1 aliphatic carbocycles. The summed E-state index contributed by atoms with van der Waals surface area (Å²) in [7, 11) is 0. The van der Waals surface area contributed by atoms with E-state index < -0.39 is 17.3 Å². The zero-order valence-electron chi connectivity index (χ0n) is 25.8. The summed E-state index contributed by atoms with van der Waals surface area (Å²) >= 11 is 15.9. The second-order valence-corrected chi connectivity index (χ2v) is 14.3. The Morgan fingerprint density at radius 1 is 0.640 bits per heavy atom. The van der Waals surface area contributed by atoms with Crippen LogP contribution in [0.15, 0.2) is 150 Å². The molecule has 0 unspecified atom stereocenters. The molecule has 0 saturated heterocycles. The van der Waals surface area contributed by atoms with Crippen molar-refractivity contribution in [1.29, 1.82) is 0 Å². The van der Waals surface area contributed by atoms with Gasteiger partial charge in [0.2, 0.25) is 32.7 Å². The first kappa shape index (κ1) is 33.6. The highest BCUT2D eigenvalue weighted by Crippen LogP contribution is 2.46. The first-order chi connectivity index (χ1) is 24.1. The molecule has 7 rings (SSSR count). The summed E-state index contributed by atoms with van der Waals surface area (Å²) in [6.45, 7) is 0. The molecule has 3 nitrogen and oxygen atoms in total. The van der Waals surface area contributed by atoms with E-state index in [0.717, 1.165) is 41.8 Å². The number of carbonyl (C=O) groups is 2. The summed E-state index contributed by atoms with van der Waals surface area (Å²) in [5.41, 5.74) is 3.73. The molecule has 0 spiro atoms. The van der Waals surface area contributed by atoms with Crippen molar-refractivity contribution in [2.45, 2.75) is 0 Å². The molecule has 4 aromatic carbocycles. The molecule has 2 aliphatic rings. The largest absolute Gasteiger partial charge is 0.506 e. The van der Waals surface area contributed by atoms with Gasteiger partial charge in [0.15, 0.2) is 0 Å². The number of aliphatic hydroxyl groups is 1. The first-order valence-electron chi connectivity index (χ1n) is 15.2. The van der Waals surface area contributed by atoms with Gasteiger partial charge in [-0.25, -0.2) is 8.78 Å². The lowest BCUT2D eigenvalue weighted by Crippen LogP contribution is -2.09. The molecule has 244 valence electrons. The molecule has 0 atom stereocenters. The molecule has 50 heavy (non-hydrogen) atoms. The molecular weight excluding hydrogens is 713 g/mol. The number of benzene rings is 4. The molecule has 0 fully saturated rings. The minimum atomic E-state index is -0.854. The summed E-state index contributed by atoms with van der Waals surface area (Å²) in [5, 5.41) is 12.5. The van der Waals surface area contributed by atoms with Gasteiger partial charge in [0.1, 0.15) is 17.4 Å². The summed E-state index contributed by atoms with van der Waals surface area (Å²) < 4.78 is 27.5. The van der Waals surface area contributed by atoms with E-state index in [1.165, 1.54) is 59.5 Å². The normalized spacial score (nSPS) is 16.3. The standard InChI is InChI=1S/C41H22Cl2F2O3S2/c42-33-7-3-1-5-29(33)37-21-23(19-35(49-37)25-9-13-27(44)14-10-25)17-31-39(46)32(41(48)40(31)47)18-24-20-36(26-11-15-28(45)16-12-26)50-38(22-24)30-6-2-4-8-34(30)43/h1-22H/p+1. The summed E-state index contributed by atoms with van der Waals surface area (Å²) in [6, 6.07) is 30.3. The third kappa shape index (κ3) is 6.91. The molecule has 0 saturated carbocycles. The average Bonchev–Trinajstić information content (AvgIpc) is 3.31. The third-order valence-electron chi connectivity index (χ3n) is 7.99. The van der Waals surface area contributed by atoms with Gasteiger partial charge in [0.05, 0.1) is 21.7 Å². The molecule has 9 heteroatoms. The lowest BCUT2D eigenvalue weighted by molar-refractivity contribution is -0.131. The fourth-order valence-electron chi connectivity index (χ4n) is 5.52. The highest BCUT2D eigenvalue weighted by atomic mass is 35.5. The zero-order chi connectivity index (χ0) is 34.9. The second kappa shape index (κ2) is 14.1. The quantitative estimate of drug-likeness (QED) is 0.107. The third-order valence-corrected chi connectivity index (χ3v) is 10.9. The summed E-state index contributed by atoms with van der Waals surface area (Å²) in [6.07, 6.45) is 6.58. The van der Waals surface area contributed by atoms with Crippen LogP contribution in [0.1, 0.15) is 16.7 Å². The summed E-state index contributed by atoms with van der Waals surface area (Å²) in [5.74, 6) is -2.91. The van der Waals surface area contributed by atoms with Gasteiger partial charge in [-0.05, 0) is 95.6 Å². The molecule has 1 aliphatic heterocycles. The molecular formula is C41H23Cl2F2O3S2+. The Bertz CT molecular complexity index is 2370. The van der Waals surface area contributed by atoms with Gasteiger partial charge >= 0.3 is 0 Å². The molecule has 5 aromatic rings. The summed E-state index contributed by atoms with van der Waals surface area (Å²) in [4.78, 5) is 29.9. The second-order valence-electron chi connectivity index (χ2n) is 11.3. The maximum Gasteiger partial charge on any atom is 0.240 e. The van der Waals surface area contributed by atoms with Crippen molar-refractivity contribution in [3.8, 4) is 20.9 Å². The smallest absolute Gasteiger partial charge is 0.240 e. The maximum absolute atomic E-state index is 13.8. The van der Waals surface area contributed by atoms with E-state index in [4.69, 9.17) is 23.2 Å². The van der Waals surface area contributed by atoms with E-state index in [1.807, 2.05) is 48.5 Å². The Balaban J connectivity index is 1.34. The number of halogens is 4. The fraction of sp³-hybridized carbons (Fsp3) is 0. The number of thioether (sulfide) groups is 1. The van der Waals surface area contributed by atoms with Gasteiger partial charge in [-0.2, -0.15) is 0 Å². The number of allylic oxidation sites excluding steroid dienone is 6. The molecule has 1 aromatic heterocycles. The van der Waals surface area contributed by atoms with Crippen LogP contribution in [-0.2, 0) is 9.59 Å². The van der Waals surface area contributed by atoms with Crippen molar-refractivity contribution in [3.63, 3.8) is 0 Å². The van der Waals surface area contributed by atoms with Crippen molar-refractivity contribution in [2.75, 3.05) is 0 Å². The van der Waals surface area contributed by atoms with Crippen molar-refractivity contribution in [2.24, 2.45) is 0 Å². The fourth-order valence-corrected chi connectivity index (χ4v) is 8.44. The number of aliphatic hydroxyl groups excluding tert-OH is 1. The van der Waals surface area contributed by atoms with E-state index in [9.17, 15) is 23.5 Å². The van der Waals surface area contributed by atoms with Gasteiger partial charge < -0.3 is 5.11 Å². The number of Topliss-reactive ketones (excluding diaryl/α,β-unsaturated/α-hetero) is 2. The topological polar surface area (TPSA) is 54.4 Å². The van der Waals surface area contributed by atoms with Crippen LogP contribution in [0, 0.1) is 11.6 Å². The number of ketones is 2. The van der Waals surface area contributed by atoms with Crippen LogP contribution in [0.5, 0.6) is 0 Å². The molecule has 0 radical (unpaired) electrons. The highest BCUT2D eigenvalue weighted by Gasteiger charge is 2.36. The van der Waals surface area contributed by atoms with Crippen molar-refractivity contribution < 1.29 is 23.5 Å². The van der Waals surface area contributed by atoms with E-state index >= 15 is 0 Å². The maximum atomic E-state index is 13.8. The Labute approximate surface area is 304 Å². The molecule has 0 bridgehead atoms. The van der Waals surface area contributed by atoms with E-state index in [-0.39, 0.29) is 22.8 Å². The van der Waals surface area contributed by atoms with Crippen LogP contribution in [0.25, 0.3) is 36.8 Å². The first-order valence-corrected chi connectivity index (χ1v) is 17.6. The minimum absolute atomic E-state index is 0.156. The average molecular weight is 737 g/mol. The van der Waals surface area contributed by atoms with Gasteiger partial charge in [0, 0.05) is 38.1 Å². The molecule has 0 amide bonds. The SMILES string of the molecule is O=C1C(=O)/C(=C/c2cc(-c3ccc(F)cc3)[s+]c(-c3ccccc3Cl)c2)C(O)=C1/C=C1/C=C(c2ccc(F)cc2)SC(c2ccccc2Cl)=C1. The van der Waals surface area contributed by atoms with Gasteiger partial charge in [0.25, 0.3) is 0 Å². The zero-order valence-corrected chi connectivity index (χ0v) is 28.9. The van der Waals surface area contributed by atoms with Crippen LogP contribution in [0.4, 0.5) is 8.78 Å².